The molecule has 0 fully saturated rings. The normalized spacial score (nSPS) is 16.3. The van der Waals surface area contributed by atoms with Gasteiger partial charge in [-0.15, -0.1) is 0 Å². The quantitative estimate of drug-likeness (QED) is 0.822. The third kappa shape index (κ3) is 4.57. The van der Waals surface area contributed by atoms with Crippen LogP contribution in [0.1, 0.15) is 71.6 Å². The second-order valence-corrected chi connectivity index (χ2v) is 7.13. The Bertz CT molecular complexity index is 473. The molecule has 0 aliphatic rings. The summed E-state index contributed by atoms with van der Waals surface area (Å²) in [7, 11) is 0. The second kappa shape index (κ2) is 6.61. The van der Waals surface area contributed by atoms with E-state index in [1.807, 2.05) is 13.8 Å². The Morgan fingerprint density at radius 2 is 1.71 bits per heavy atom. The average molecular weight is 291 g/mol. The highest BCUT2D eigenvalue weighted by molar-refractivity contribution is 5.78. The van der Waals surface area contributed by atoms with Gasteiger partial charge in [0.25, 0.3) is 0 Å². The number of nitrogens with one attached hydrogen (secondary N) is 1. The minimum absolute atomic E-state index is 0.00617. The molecule has 0 saturated carbocycles. The van der Waals surface area contributed by atoms with Crippen LogP contribution in [-0.4, -0.2) is 16.6 Å². The summed E-state index contributed by atoms with van der Waals surface area (Å²) in [5.41, 5.74) is 1.66. The van der Waals surface area contributed by atoms with Gasteiger partial charge >= 0.3 is 5.97 Å². The summed E-state index contributed by atoms with van der Waals surface area (Å²) in [6.45, 7) is 12.3. The molecule has 2 unspecified atom stereocenters. The van der Waals surface area contributed by atoms with E-state index in [1.165, 1.54) is 5.56 Å². The van der Waals surface area contributed by atoms with Crippen molar-refractivity contribution < 1.29 is 9.90 Å². The maximum atomic E-state index is 11.5. The summed E-state index contributed by atoms with van der Waals surface area (Å²) >= 11 is 0. The van der Waals surface area contributed by atoms with Gasteiger partial charge in [0.2, 0.25) is 0 Å². The van der Waals surface area contributed by atoms with E-state index >= 15 is 0 Å². The van der Waals surface area contributed by atoms with Crippen LogP contribution in [0.4, 0.5) is 0 Å². The molecule has 0 aromatic heterocycles. The van der Waals surface area contributed by atoms with Crippen molar-refractivity contribution in [2.24, 2.45) is 0 Å². The van der Waals surface area contributed by atoms with Crippen molar-refractivity contribution in [3.8, 4) is 0 Å². The molecule has 118 valence electrons. The van der Waals surface area contributed by atoms with E-state index < -0.39 is 11.5 Å². The molecule has 0 heterocycles. The van der Waals surface area contributed by atoms with Gasteiger partial charge in [0.1, 0.15) is 5.54 Å². The number of carboxylic acids is 1. The van der Waals surface area contributed by atoms with E-state index in [9.17, 15) is 9.90 Å². The van der Waals surface area contributed by atoms with E-state index in [4.69, 9.17) is 0 Å². The van der Waals surface area contributed by atoms with Gasteiger partial charge in [-0.3, -0.25) is 10.1 Å². The van der Waals surface area contributed by atoms with Gasteiger partial charge in [0.05, 0.1) is 0 Å². The molecule has 21 heavy (non-hydrogen) atoms. The Labute approximate surface area is 128 Å². The van der Waals surface area contributed by atoms with Crippen molar-refractivity contribution in [2.75, 3.05) is 0 Å². The number of rotatable bonds is 6. The van der Waals surface area contributed by atoms with E-state index in [2.05, 4.69) is 50.4 Å². The van der Waals surface area contributed by atoms with E-state index in [0.717, 1.165) is 12.0 Å². The molecule has 0 aliphatic carbocycles. The monoisotopic (exact) mass is 291 g/mol. The third-order valence-electron chi connectivity index (χ3n) is 4.03. The lowest BCUT2D eigenvalue weighted by atomic mass is 9.86. The lowest BCUT2D eigenvalue weighted by Gasteiger charge is -2.30. The zero-order valence-corrected chi connectivity index (χ0v) is 14.2. The Hall–Kier alpha value is -1.35. The first-order chi connectivity index (χ1) is 9.60. The topological polar surface area (TPSA) is 49.3 Å². The van der Waals surface area contributed by atoms with Crippen molar-refractivity contribution in [1.82, 2.24) is 5.32 Å². The SMILES string of the molecule is CCCC(C)(NC(C)c1ccc(C(C)(C)C)cc1)C(=O)O. The fourth-order valence-electron chi connectivity index (χ4n) is 2.57. The van der Waals surface area contributed by atoms with Gasteiger partial charge in [0, 0.05) is 6.04 Å². The van der Waals surface area contributed by atoms with Gasteiger partial charge < -0.3 is 5.11 Å². The molecule has 2 atom stereocenters. The summed E-state index contributed by atoms with van der Waals surface area (Å²) in [6, 6.07) is 8.45. The summed E-state index contributed by atoms with van der Waals surface area (Å²) in [5, 5.41) is 12.7. The Balaban J connectivity index is 2.88. The minimum atomic E-state index is -0.878. The molecule has 0 saturated heterocycles. The van der Waals surface area contributed by atoms with Crippen molar-refractivity contribution in [3.63, 3.8) is 0 Å². The summed E-state index contributed by atoms with van der Waals surface area (Å²) in [6.07, 6.45) is 1.46. The van der Waals surface area contributed by atoms with E-state index in [0.29, 0.717) is 6.42 Å². The fourth-order valence-corrected chi connectivity index (χ4v) is 2.57. The summed E-state index contributed by atoms with van der Waals surface area (Å²) in [4.78, 5) is 11.5. The van der Waals surface area contributed by atoms with Crippen molar-refractivity contribution >= 4 is 5.97 Å². The highest BCUT2D eigenvalue weighted by atomic mass is 16.4. The molecule has 0 aliphatic heterocycles. The maximum Gasteiger partial charge on any atom is 0.323 e. The molecule has 1 aromatic rings. The van der Waals surface area contributed by atoms with Crippen molar-refractivity contribution in [1.29, 1.82) is 0 Å². The summed E-state index contributed by atoms with van der Waals surface area (Å²) in [5.74, 6) is -0.789. The number of aliphatic carboxylic acids is 1. The van der Waals surface area contributed by atoms with Crippen LogP contribution in [-0.2, 0) is 10.2 Å². The van der Waals surface area contributed by atoms with Gasteiger partial charge in [0.15, 0.2) is 0 Å². The molecular weight excluding hydrogens is 262 g/mol. The predicted molar refractivity (Wildman–Crippen MR) is 87.6 cm³/mol. The summed E-state index contributed by atoms with van der Waals surface area (Å²) < 4.78 is 0. The average Bonchev–Trinajstić information content (AvgIpc) is 2.37. The lowest BCUT2D eigenvalue weighted by Crippen LogP contribution is -2.50. The number of hydrogen-bond donors (Lipinski definition) is 2. The number of hydrogen-bond acceptors (Lipinski definition) is 2. The minimum Gasteiger partial charge on any atom is -0.480 e. The first kappa shape index (κ1) is 17.7. The molecule has 3 heteroatoms. The van der Waals surface area contributed by atoms with Crippen LogP contribution < -0.4 is 5.32 Å². The molecule has 3 nitrogen and oxygen atoms in total. The largest absolute Gasteiger partial charge is 0.480 e. The van der Waals surface area contributed by atoms with Crippen LogP contribution >= 0.6 is 0 Å². The van der Waals surface area contributed by atoms with Crippen molar-refractivity contribution in [3.05, 3.63) is 35.4 Å². The predicted octanol–water partition coefficient (Wildman–Crippen LogP) is 4.28. The Morgan fingerprint density at radius 3 is 2.10 bits per heavy atom. The zero-order chi connectivity index (χ0) is 16.3. The fraction of sp³-hybridized carbons (Fsp3) is 0.611. The highest BCUT2D eigenvalue weighted by Crippen LogP contribution is 2.25. The lowest BCUT2D eigenvalue weighted by molar-refractivity contribution is -0.144. The first-order valence-corrected chi connectivity index (χ1v) is 7.71. The van der Waals surface area contributed by atoms with Crippen LogP contribution in [0.5, 0.6) is 0 Å². The van der Waals surface area contributed by atoms with E-state index in [1.54, 1.807) is 6.92 Å². The molecular formula is C18H29NO2. The zero-order valence-electron chi connectivity index (χ0n) is 14.2. The van der Waals surface area contributed by atoms with Crippen LogP contribution in [0, 0.1) is 0 Å². The first-order valence-electron chi connectivity index (χ1n) is 7.71. The molecule has 1 aromatic carbocycles. The number of carboxylic acid groups (broad SMARTS) is 1. The van der Waals surface area contributed by atoms with Crippen LogP contribution in [0.15, 0.2) is 24.3 Å². The molecule has 2 N–H and O–H groups in total. The van der Waals surface area contributed by atoms with E-state index in [-0.39, 0.29) is 11.5 Å². The second-order valence-electron chi connectivity index (χ2n) is 7.13. The smallest absolute Gasteiger partial charge is 0.323 e. The Kier molecular flexibility index (Phi) is 5.57. The van der Waals surface area contributed by atoms with Crippen LogP contribution in [0.25, 0.3) is 0 Å². The van der Waals surface area contributed by atoms with Gasteiger partial charge in [-0.2, -0.15) is 0 Å². The van der Waals surface area contributed by atoms with Gasteiger partial charge in [-0.25, -0.2) is 0 Å². The van der Waals surface area contributed by atoms with Crippen LogP contribution in [0.3, 0.4) is 0 Å². The van der Waals surface area contributed by atoms with Gasteiger partial charge in [-0.05, 0) is 36.8 Å². The third-order valence-corrected chi connectivity index (χ3v) is 4.03. The molecule has 0 spiro atoms. The maximum absolute atomic E-state index is 11.5. The standard InChI is InChI=1S/C18H29NO2/c1-7-12-18(6,16(20)21)19-13(2)14-8-10-15(11-9-14)17(3,4)5/h8-11,13,19H,7,12H2,1-6H3,(H,20,21). The highest BCUT2D eigenvalue weighted by Gasteiger charge is 2.33. The van der Waals surface area contributed by atoms with Gasteiger partial charge in [-0.1, -0.05) is 58.4 Å². The molecule has 0 amide bonds. The van der Waals surface area contributed by atoms with Crippen molar-refractivity contribution in [2.45, 2.75) is 71.4 Å². The number of benzene rings is 1. The Morgan fingerprint density at radius 1 is 1.19 bits per heavy atom. The molecule has 0 bridgehead atoms. The number of carbonyl (C=O) groups is 1. The van der Waals surface area contributed by atoms with Crippen LogP contribution in [0.2, 0.25) is 0 Å². The molecule has 0 radical (unpaired) electrons. The molecule has 1 rings (SSSR count).